The van der Waals surface area contributed by atoms with Gasteiger partial charge in [-0.25, -0.2) is 4.79 Å². The Morgan fingerprint density at radius 3 is 2.20 bits per heavy atom. The number of methoxy groups -OCH3 is 1. The molecule has 16 heteroatoms. The molecule has 326 valence electrons. The van der Waals surface area contributed by atoms with Gasteiger partial charge in [0.15, 0.2) is 0 Å². The number of nitrogens with zero attached hydrogens (tertiary/aromatic N) is 1. The molecule has 59 heavy (non-hydrogen) atoms. The molecule has 1 aliphatic heterocycles. The first-order valence-corrected chi connectivity index (χ1v) is 22.9. The maximum atomic E-state index is 14.4. The van der Waals surface area contributed by atoms with Gasteiger partial charge in [0.1, 0.15) is 29.5 Å². The van der Waals surface area contributed by atoms with Crippen molar-refractivity contribution in [2.24, 2.45) is 11.8 Å². The molecule has 2 fully saturated rings. The Morgan fingerprint density at radius 1 is 0.898 bits per heavy atom. The highest BCUT2D eigenvalue weighted by molar-refractivity contribution is 8.20. The van der Waals surface area contributed by atoms with Crippen LogP contribution in [0.15, 0.2) is 48.7 Å². The second kappa shape index (κ2) is 23.7. The van der Waals surface area contributed by atoms with E-state index in [0.29, 0.717) is 24.3 Å². The normalized spacial score (nSPS) is 17.9. The third kappa shape index (κ3) is 16.2. The van der Waals surface area contributed by atoms with Gasteiger partial charge in [-0.2, -0.15) is 0 Å². The van der Waals surface area contributed by atoms with Gasteiger partial charge in [0, 0.05) is 24.1 Å². The Hall–Kier alpha value is -4.02. The van der Waals surface area contributed by atoms with Crippen molar-refractivity contribution in [1.82, 2.24) is 31.6 Å². The summed E-state index contributed by atoms with van der Waals surface area (Å²) < 4.78 is 10.4. The molecular formula is C43H64N6O8S2. The van der Waals surface area contributed by atoms with E-state index in [4.69, 9.17) is 9.47 Å². The van der Waals surface area contributed by atoms with E-state index in [2.05, 4.69) is 31.6 Å². The first-order chi connectivity index (χ1) is 28.1. The Balaban J connectivity index is 1.51. The molecule has 6 atom stereocenters. The Kier molecular flexibility index (Phi) is 19.1. The molecule has 4 rings (SSSR count). The molecule has 6 N–H and O–H groups in total. The van der Waals surface area contributed by atoms with Crippen molar-refractivity contribution >= 4 is 53.2 Å². The summed E-state index contributed by atoms with van der Waals surface area (Å²) in [6, 6.07) is 8.80. The number of hydrogen-bond donors (Lipinski definition) is 6. The van der Waals surface area contributed by atoms with E-state index in [1.807, 2.05) is 19.9 Å². The zero-order valence-electron chi connectivity index (χ0n) is 35.3. The summed E-state index contributed by atoms with van der Waals surface area (Å²) in [6.45, 7) is 9.21. The zero-order chi connectivity index (χ0) is 43.0. The molecule has 1 saturated heterocycles. The number of carbonyl (C=O) groups is 5. The van der Waals surface area contributed by atoms with Crippen LogP contribution in [-0.2, 0) is 36.9 Å². The van der Waals surface area contributed by atoms with Gasteiger partial charge in [-0.05, 0) is 68.9 Å². The number of ether oxygens (including phenoxy) is 2. The SMILES string of the molecule is CCC(C)C(NC(=O)CC(O)C(CC1CCCCC1)NC(=O)C(NC(=O)C(Cc1ccc(OC)cc1)NC(=O)OC(C)(C)C)C1SCCS1)C(=O)NCc1ccccn1. The number of alkyl carbamates (subject to hydrolysis) is 1. The quantitative estimate of drug-likeness (QED) is 0.106. The molecule has 0 spiro atoms. The molecule has 1 aliphatic carbocycles. The van der Waals surface area contributed by atoms with E-state index in [1.165, 1.54) is 0 Å². The number of carbonyl (C=O) groups excluding carboxylic acids is 5. The van der Waals surface area contributed by atoms with E-state index < -0.39 is 59.7 Å². The van der Waals surface area contributed by atoms with Crippen LogP contribution in [0.5, 0.6) is 5.75 Å². The fourth-order valence-corrected chi connectivity index (χ4v) is 10.1. The minimum atomic E-state index is -1.27. The summed E-state index contributed by atoms with van der Waals surface area (Å²) in [4.78, 5) is 72.7. The van der Waals surface area contributed by atoms with Crippen LogP contribution >= 0.6 is 23.5 Å². The number of nitrogens with one attached hydrogen (secondary N) is 5. The number of aromatic nitrogens is 1. The monoisotopic (exact) mass is 856 g/mol. The number of hydrogen-bond acceptors (Lipinski definition) is 11. The maximum absolute atomic E-state index is 14.4. The number of benzene rings is 1. The van der Waals surface area contributed by atoms with E-state index in [1.54, 1.807) is 94.0 Å². The van der Waals surface area contributed by atoms with Crippen molar-refractivity contribution in [3.63, 3.8) is 0 Å². The lowest BCUT2D eigenvalue weighted by molar-refractivity contribution is -0.132. The number of pyridine rings is 1. The highest BCUT2D eigenvalue weighted by Gasteiger charge is 2.38. The summed E-state index contributed by atoms with van der Waals surface area (Å²) in [5.74, 6) is 0.314. The summed E-state index contributed by atoms with van der Waals surface area (Å²) >= 11 is 3.11. The number of aliphatic hydroxyl groups is 1. The number of thioether (sulfide) groups is 2. The van der Waals surface area contributed by atoms with Crippen LogP contribution in [0.3, 0.4) is 0 Å². The second-order valence-corrected chi connectivity index (χ2v) is 19.2. The van der Waals surface area contributed by atoms with Crippen LogP contribution in [0.1, 0.15) is 97.2 Å². The van der Waals surface area contributed by atoms with E-state index in [9.17, 15) is 29.1 Å². The molecular weight excluding hydrogens is 793 g/mol. The summed E-state index contributed by atoms with van der Waals surface area (Å²) in [5, 5.41) is 26.1. The molecule has 2 heterocycles. The van der Waals surface area contributed by atoms with Crippen LogP contribution in [0.2, 0.25) is 0 Å². The van der Waals surface area contributed by atoms with Crippen molar-refractivity contribution in [2.75, 3.05) is 18.6 Å². The van der Waals surface area contributed by atoms with Gasteiger partial charge in [-0.1, -0.05) is 70.6 Å². The van der Waals surface area contributed by atoms with Gasteiger partial charge in [-0.15, -0.1) is 23.5 Å². The standard InChI is InChI=1S/C43H64N6O8S2/c1-7-27(2)36(39(53)45-26-30-15-11-12-20-44-30)48-35(51)25-34(50)32(23-28-13-9-8-10-14-28)46-40(54)37(41-58-21-22-59-41)49-38(52)33(47-42(55)57-43(3,4)5)24-29-16-18-31(56-6)19-17-29/h11-12,15-20,27-28,32-34,36-37,41,50H,7-10,13-14,21-26H2,1-6H3,(H,45,53)(H,46,54)(H,47,55)(H,48,51)(H,49,52). The molecule has 2 aromatic rings. The van der Waals surface area contributed by atoms with Crippen molar-refractivity contribution in [3.05, 3.63) is 59.9 Å². The van der Waals surface area contributed by atoms with E-state index in [0.717, 1.165) is 49.2 Å². The van der Waals surface area contributed by atoms with E-state index >= 15 is 0 Å². The van der Waals surface area contributed by atoms with Crippen LogP contribution in [0.4, 0.5) is 4.79 Å². The Bertz CT molecular complexity index is 1650. The predicted molar refractivity (Wildman–Crippen MR) is 232 cm³/mol. The lowest BCUT2D eigenvalue weighted by atomic mass is 9.83. The average Bonchev–Trinajstić information content (AvgIpc) is 3.75. The lowest BCUT2D eigenvalue weighted by Gasteiger charge is -2.33. The lowest BCUT2D eigenvalue weighted by Crippen LogP contribution is -2.59. The molecule has 1 aromatic carbocycles. The number of rotatable bonds is 20. The molecule has 5 amide bonds. The molecule has 1 saturated carbocycles. The molecule has 0 bridgehead atoms. The summed E-state index contributed by atoms with van der Waals surface area (Å²) in [6.07, 6.45) is 5.54. The van der Waals surface area contributed by atoms with Gasteiger partial charge in [0.05, 0.1) is 42.5 Å². The fraction of sp³-hybridized carbons (Fsp3) is 0.628. The smallest absolute Gasteiger partial charge is 0.408 e. The average molecular weight is 857 g/mol. The molecule has 0 radical (unpaired) electrons. The fourth-order valence-electron chi connectivity index (χ4n) is 7.16. The van der Waals surface area contributed by atoms with Gasteiger partial charge in [0.2, 0.25) is 23.6 Å². The summed E-state index contributed by atoms with van der Waals surface area (Å²) in [5.41, 5.74) is 0.628. The van der Waals surface area contributed by atoms with Crippen molar-refractivity contribution < 1.29 is 38.6 Å². The largest absolute Gasteiger partial charge is 0.497 e. The predicted octanol–water partition coefficient (Wildman–Crippen LogP) is 4.87. The van der Waals surface area contributed by atoms with Crippen LogP contribution in [-0.4, -0.2) is 98.9 Å². The highest BCUT2D eigenvalue weighted by atomic mass is 32.2. The number of amides is 5. The number of aliphatic hydroxyl groups excluding tert-OH is 1. The van der Waals surface area contributed by atoms with Crippen LogP contribution < -0.4 is 31.3 Å². The second-order valence-electron chi connectivity index (χ2n) is 16.4. The van der Waals surface area contributed by atoms with Crippen LogP contribution in [0.25, 0.3) is 0 Å². The zero-order valence-corrected chi connectivity index (χ0v) is 36.9. The van der Waals surface area contributed by atoms with E-state index in [-0.39, 0.29) is 41.7 Å². The van der Waals surface area contributed by atoms with Gasteiger partial charge in [0.25, 0.3) is 0 Å². The van der Waals surface area contributed by atoms with Gasteiger partial charge < -0.3 is 41.2 Å². The first-order valence-electron chi connectivity index (χ1n) is 20.8. The van der Waals surface area contributed by atoms with Crippen molar-refractivity contribution in [1.29, 1.82) is 0 Å². The van der Waals surface area contributed by atoms with Crippen LogP contribution in [0, 0.1) is 11.8 Å². The molecule has 2 aliphatic rings. The highest BCUT2D eigenvalue weighted by Crippen LogP contribution is 2.35. The minimum absolute atomic E-state index is 0.116. The Morgan fingerprint density at radius 2 is 1.59 bits per heavy atom. The Labute approximate surface area is 357 Å². The summed E-state index contributed by atoms with van der Waals surface area (Å²) in [7, 11) is 1.56. The molecule has 1 aromatic heterocycles. The topological polar surface area (TPSA) is 197 Å². The van der Waals surface area contributed by atoms with Gasteiger partial charge >= 0.3 is 6.09 Å². The van der Waals surface area contributed by atoms with Gasteiger partial charge in [-0.3, -0.25) is 24.2 Å². The third-order valence-corrected chi connectivity index (χ3v) is 13.7. The molecule has 14 nitrogen and oxygen atoms in total. The van der Waals surface area contributed by atoms with Crippen molar-refractivity contribution in [3.8, 4) is 5.75 Å². The first kappa shape index (κ1) is 47.7. The minimum Gasteiger partial charge on any atom is -0.497 e. The molecule has 6 unspecified atom stereocenters. The maximum Gasteiger partial charge on any atom is 0.408 e. The van der Waals surface area contributed by atoms with Crippen molar-refractivity contribution in [2.45, 2.75) is 139 Å². The third-order valence-electron chi connectivity index (χ3n) is 10.6.